The van der Waals surface area contributed by atoms with Crippen LogP contribution in [-0.2, 0) is 11.2 Å². The molecule has 0 radical (unpaired) electrons. The molecule has 17 heavy (non-hydrogen) atoms. The van der Waals surface area contributed by atoms with E-state index in [0.29, 0.717) is 25.9 Å². The molecule has 1 atom stereocenters. The second-order valence-corrected chi connectivity index (χ2v) is 3.89. The molecule has 6 nitrogen and oxygen atoms in total. The lowest BCUT2D eigenvalue weighted by molar-refractivity contribution is 0.0971. The van der Waals surface area contributed by atoms with Crippen molar-refractivity contribution in [3.63, 3.8) is 0 Å². The zero-order valence-electron chi connectivity index (χ0n) is 9.80. The van der Waals surface area contributed by atoms with E-state index in [9.17, 15) is 4.79 Å². The van der Waals surface area contributed by atoms with Gasteiger partial charge >= 0.3 is 6.09 Å². The molecular formula is C11H16N4O2. The number of methoxy groups -OCH3 is 1. The number of hydrogen-bond acceptors (Lipinski definition) is 5. The molecular weight excluding hydrogens is 220 g/mol. The zero-order valence-corrected chi connectivity index (χ0v) is 9.80. The largest absolute Gasteiger partial charge is 0.453 e. The van der Waals surface area contributed by atoms with Crippen LogP contribution in [-0.4, -0.2) is 41.2 Å². The summed E-state index contributed by atoms with van der Waals surface area (Å²) in [5.74, 6) is 0. The second-order valence-electron chi connectivity index (χ2n) is 3.89. The maximum atomic E-state index is 11.7. The number of nitrogens with two attached hydrogens (primary N) is 1. The van der Waals surface area contributed by atoms with Gasteiger partial charge in [-0.3, -0.25) is 14.9 Å². The van der Waals surface area contributed by atoms with Crippen molar-refractivity contribution in [3.8, 4) is 0 Å². The molecule has 1 aromatic heterocycles. The van der Waals surface area contributed by atoms with Crippen molar-refractivity contribution in [2.75, 3.05) is 20.2 Å². The van der Waals surface area contributed by atoms with Gasteiger partial charge in [0.15, 0.2) is 0 Å². The highest BCUT2D eigenvalue weighted by atomic mass is 16.5. The molecule has 2 rings (SSSR count). The normalized spacial score (nSPS) is 18.7. The number of amides is 1. The molecule has 0 bridgehead atoms. The van der Waals surface area contributed by atoms with E-state index in [1.54, 1.807) is 17.3 Å². The first-order chi connectivity index (χ1) is 8.27. The lowest BCUT2D eigenvalue weighted by Crippen LogP contribution is -2.41. The predicted octanol–water partition coefficient (Wildman–Crippen LogP) is 0.491. The van der Waals surface area contributed by atoms with Gasteiger partial charge in [0, 0.05) is 25.4 Å². The summed E-state index contributed by atoms with van der Waals surface area (Å²) in [5.41, 5.74) is 7.39. The van der Waals surface area contributed by atoms with E-state index in [4.69, 9.17) is 10.5 Å². The summed E-state index contributed by atoms with van der Waals surface area (Å²) in [7, 11) is 1.38. The summed E-state index contributed by atoms with van der Waals surface area (Å²) in [5, 5.41) is 0. The van der Waals surface area contributed by atoms with Crippen molar-refractivity contribution >= 4 is 6.09 Å². The van der Waals surface area contributed by atoms with E-state index in [1.807, 2.05) is 0 Å². The number of hydrogen-bond donors (Lipinski definition) is 1. The number of rotatable bonds is 2. The van der Waals surface area contributed by atoms with Crippen LogP contribution in [0.1, 0.15) is 23.9 Å². The standard InChI is InChI=1S/C11H16N4O2/c1-17-11(16)15-7-3-8-10(9(15)2-4-12)14-6-5-13-8/h5-6,9H,2-4,7,12H2,1H3. The Morgan fingerprint density at radius 2 is 2.35 bits per heavy atom. The maximum absolute atomic E-state index is 11.7. The molecule has 2 heterocycles. The molecule has 2 N–H and O–H groups in total. The van der Waals surface area contributed by atoms with Crippen LogP contribution in [0.25, 0.3) is 0 Å². The molecule has 0 spiro atoms. The third kappa shape index (κ3) is 2.21. The van der Waals surface area contributed by atoms with Crippen molar-refractivity contribution in [3.05, 3.63) is 23.8 Å². The van der Waals surface area contributed by atoms with Gasteiger partial charge in [0.25, 0.3) is 0 Å². The minimum atomic E-state index is -0.334. The van der Waals surface area contributed by atoms with Crippen molar-refractivity contribution < 1.29 is 9.53 Å². The van der Waals surface area contributed by atoms with Gasteiger partial charge in [-0.2, -0.15) is 0 Å². The number of carbonyl (C=O) groups is 1. The highest BCUT2D eigenvalue weighted by Crippen LogP contribution is 2.29. The quantitative estimate of drug-likeness (QED) is 0.808. The number of ether oxygens (including phenoxy) is 1. The molecule has 1 aliphatic rings. The van der Waals surface area contributed by atoms with Crippen LogP contribution in [0.3, 0.4) is 0 Å². The van der Waals surface area contributed by atoms with Gasteiger partial charge in [-0.1, -0.05) is 0 Å². The lowest BCUT2D eigenvalue weighted by atomic mass is 10.00. The number of fused-ring (bicyclic) bond motifs is 1. The Hall–Kier alpha value is -1.69. The summed E-state index contributed by atoms with van der Waals surface area (Å²) < 4.78 is 4.78. The monoisotopic (exact) mass is 236 g/mol. The van der Waals surface area contributed by atoms with E-state index < -0.39 is 0 Å². The van der Waals surface area contributed by atoms with E-state index in [-0.39, 0.29) is 12.1 Å². The molecule has 0 saturated heterocycles. The summed E-state index contributed by atoms with van der Waals surface area (Å²) in [4.78, 5) is 22.0. The van der Waals surface area contributed by atoms with Gasteiger partial charge < -0.3 is 10.5 Å². The van der Waals surface area contributed by atoms with Gasteiger partial charge in [0.2, 0.25) is 0 Å². The Labute approximate surface area is 99.8 Å². The summed E-state index contributed by atoms with van der Waals surface area (Å²) in [6.45, 7) is 1.09. The molecule has 6 heteroatoms. The van der Waals surface area contributed by atoms with Crippen LogP contribution in [0.15, 0.2) is 12.4 Å². The van der Waals surface area contributed by atoms with Crippen LogP contribution in [0.5, 0.6) is 0 Å². The summed E-state index contributed by atoms with van der Waals surface area (Å²) in [6, 6.07) is -0.120. The zero-order chi connectivity index (χ0) is 12.3. The Kier molecular flexibility index (Phi) is 3.53. The fourth-order valence-electron chi connectivity index (χ4n) is 2.16. The van der Waals surface area contributed by atoms with Crippen LogP contribution >= 0.6 is 0 Å². The molecule has 1 amide bonds. The summed E-state index contributed by atoms with van der Waals surface area (Å²) in [6.07, 6.45) is 4.36. The Bertz CT molecular complexity index is 410. The highest BCUT2D eigenvalue weighted by molar-refractivity contribution is 5.68. The average molecular weight is 236 g/mol. The van der Waals surface area contributed by atoms with Gasteiger partial charge in [0.1, 0.15) is 0 Å². The third-order valence-corrected chi connectivity index (χ3v) is 2.94. The van der Waals surface area contributed by atoms with Gasteiger partial charge in [-0.25, -0.2) is 4.79 Å². The topological polar surface area (TPSA) is 81.3 Å². The minimum Gasteiger partial charge on any atom is -0.453 e. The van der Waals surface area contributed by atoms with E-state index in [1.165, 1.54) is 7.11 Å². The van der Waals surface area contributed by atoms with Crippen LogP contribution in [0.2, 0.25) is 0 Å². The van der Waals surface area contributed by atoms with Crippen molar-refractivity contribution in [1.82, 2.24) is 14.9 Å². The summed E-state index contributed by atoms with van der Waals surface area (Å²) >= 11 is 0. The Morgan fingerprint density at radius 1 is 1.59 bits per heavy atom. The highest BCUT2D eigenvalue weighted by Gasteiger charge is 2.32. The Morgan fingerprint density at radius 3 is 3.06 bits per heavy atom. The van der Waals surface area contributed by atoms with Crippen LogP contribution in [0, 0.1) is 0 Å². The third-order valence-electron chi connectivity index (χ3n) is 2.94. The van der Waals surface area contributed by atoms with E-state index in [0.717, 1.165) is 11.4 Å². The van der Waals surface area contributed by atoms with Crippen molar-refractivity contribution in [2.24, 2.45) is 5.73 Å². The van der Waals surface area contributed by atoms with E-state index in [2.05, 4.69) is 9.97 Å². The molecule has 1 aromatic rings. The van der Waals surface area contributed by atoms with Crippen molar-refractivity contribution in [2.45, 2.75) is 18.9 Å². The fourth-order valence-corrected chi connectivity index (χ4v) is 2.16. The molecule has 1 aliphatic heterocycles. The average Bonchev–Trinajstić information content (AvgIpc) is 2.38. The molecule has 0 aromatic carbocycles. The van der Waals surface area contributed by atoms with Crippen molar-refractivity contribution in [1.29, 1.82) is 0 Å². The number of nitrogens with zero attached hydrogens (tertiary/aromatic N) is 3. The predicted molar refractivity (Wildman–Crippen MR) is 61.3 cm³/mol. The number of carbonyl (C=O) groups excluding carboxylic acids is 1. The SMILES string of the molecule is COC(=O)N1CCc2nccnc2C1CCN. The molecule has 92 valence electrons. The minimum absolute atomic E-state index is 0.120. The fraction of sp³-hybridized carbons (Fsp3) is 0.545. The first kappa shape index (κ1) is 11.8. The molecule has 1 unspecified atom stereocenters. The Balaban J connectivity index is 2.32. The van der Waals surface area contributed by atoms with Crippen LogP contribution < -0.4 is 5.73 Å². The van der Waals surface area contributed by atoms with E-state index >= 15 is 0 Å². The van der Waals surface area contributed by atoms with Crippen LogP contribution in [0.4, 0.5) is 4.79 Å². The molecule has 0 fully saturated rings. The smallest absolute Gasteiger partial charge is 0.410 e. The van der Waals surface area contributed by atoms with Gasteiger partial charge in [-0.05, 0) is 13.0 Å². The molecule has 0 aliphatic carbocycles. The maximum Gasteiger partial charge on any atom is 0.410 e. The molecule has 0 saturated carbocycles. The first-order valence-electron chi connectivity index (χ1n) is 5.62. The first-order valence-corrected chi connectivity index (χ1v) is 5.62. The van der Waals surface area contributed by atoms with Gasteiger partial charge in [-0.15, -0.1) is 0 Å². The number of aromatic nitrogens is 2. The lowest BCUT2D eigenvalue weighted by Gasteiger charge is -2.34. The van der Waals surface area contributed by atoms with Gasteiger partial charge in [0.05, 0.1) is 24.5 Å². The second kappa shape index (κ2) is 5.09.